The van der Waals surface area contributed by atoms with Gasteiger partial charge in [0.25, 0.3) is 0 Å². The molecule has 1 aliphatic rings. The lowest BCUT2D eigenvalue weighted by Crippen LogP contribution is -2.63. The van der Waals surface area contributed by atoms with E-state index in [2.05, 4.69) is 56.1 Å². The summed E-state index contributed by atoms with van der Waals surface area (Å²) in [7, 11) is 1.72. The van der Waals surface area contributed by atoms with E-state index in [0.29, 0.717) is 6.04 Å². The van der Waals surface area contributed by atoms with Crippen molar-refractivity contribution in [2.45, 2.75) is 52.1 Å². The summed E-state index contributed by atoms with van der Waals surface area (Å²) in [5.41, 5.74) is 2.88. The van der Waals surface area contributed by atoms with Crippen LogP contribution < -0.4 is 15.0 Å². The van der Waals surface area contributed by atoms with Gasteiger partial charge in [-0.05, 0) is 50.5 Å². The van der Waals surface area contributed by atoms with Crippen LogP contribution in [0.25, 0.3) is 0 Å². The first-order valence-electron chi connectivity index (χ1n) is 7.71. The second kappa shape index (κ2) is 6.04. The van der Waals surface area contributed by atoms with Crippen LogP contribution in [0.4, 0.5) is 5.69 Å². The predicted molar refractivity (Wildman–Crippen MR) is 85.9 cm³/mol. The quantitative estimate of drug-likeness (QED) is 0.912. The van der Waals surface area contributed by atoms with Crippen LogP contribution in [-0.2, 0) is 0 Å². The molecule has 1 atom stereocenters. The summed E-state index contributed by atoms with van der Waals surface area (Å²) in [5, 5.41) is 3.76. The van der Waals surface area contributed by atoms with Gasteiger partial charge in [-0.2, -0.15) is 0 Å². The molecule has 0 bridgehead atoms. The highest BCUT2D eigenvalue weighted by molar-refractivity contribution is 5.57. The first-order chi connectivity index (χ1) is 9.55. The van der Waals surface area contributed by atoms with Crippen molar-refractivity contribution in [1.29, 1.82) is 0 Å². The number of ether oxygens (including phenoxy) is 1. The van der Waals surface area contributed by atoms with Crippen LogP contribution in [0.3, 0.4) is 0 Å². The van der Waals surface area contributed by atoms with Crippen LogP contribution in [0.5, 0.6) is 5.75 Å². The van der Waals surface area contributed by atoms with Gasteiger partial charge >= 0.3 is 0 Å². The molecule has 1 aromatic rings. The molecule has 0 aromatic heterocycles. The largest absolute Gasteiger partial charge is 0.497 e. The molecule has 0 radical (unpaired) electrons. The Morgan fingerprint density at radius 1 is 1.35 bits per heavy atom. The van der Waals surface area contributed by atoms with Crippen LogP contribution in [0.1, 0.15) is 39.2 Å². The van der Waals surface area contributed by atoms with Crippen molar-refractivity contribution >= 4 is 5.69 Å². The SMILES string of the molecule is CCC1(CC)CN(c2ccc(OC)cc2C)C(C)CN1. The number of hydrogen-bond donors (Lipinski definition) is 1. The fourth-order valence-corrected chi connectivity index (χ4v) is 3.14. The Hall–Kier alpha value is -1.22. The predicted octanol–water partition coefficient (Wildman–Crippen LogP) is 3.36. The summed E-state index contributed by atoms with van der Waals surface area (Å²) < 4.78 is 5.32. The van der Waals surface area contributed by atoms with Gasteiger partial charge in [-0.3, -0.25) is 0 Å². The van der Waals surface area contributed by atoms with Gasteiger partial charge in [-0.25, -0.2) is 0 Å². The topological polar surface area (TPSA) is 24.5 Å². The number of anilines is 1. The molecule has 2 rings (SSSR count). The number of nitrogens with zero attached hydrogens (tertiary/aromatic N) is 1. The van der Waals surface area contributed by atoms with Crippen LogP contribution in [-0.4, -0.2) is 31.8 Å². The summed E-state index contributed by atoms with van der Waals surface area (Å²) in [5.74, 6) is 0.936. The third-order valence-corrected chi connectivity index (χ3v) is 4.84. The lowest BCUT2D eigenvalue weighted by Gasteiger charge is -2.48. The Kier molecular flexibility index (Phi) is 4.59. The third kappa shape index (κ3) is 2.78. The minimum atomic E-state index is 0.249. The zero-order valence-corrected chi connectivity index (χ0v) is 13.5. The molecule has 1 saturated heterocycles. The summed E-state index contributed by atoms with van der Waals surface area (Å²) in [6, 6.07) is 6.92. The Morgan fingerprint density at radius 2 is 2.05 bits per heavy atom. The first-order valence-corrected chi connectivity index (χ1v) is 7.71. The molecule has 20 heavy (non-hydrogen) atoms. The fraction of sp³-hybridized carbons (Fsp3) is 0.647. The van der Waals surface area contributed by atoms with Gasteiger partial charge in [0, 0.05) is 30.4 Å². The van der Waals surface area contributed by atoms with Gasteiger partial charge in [-0.15, -0.1) is 0 Å². The number of rotatable bonds is 4. The highest BCUT2D eigenvalue weighted by Crippen LogP contribution is 2.31. The van der Waals surface area contributed by atoms with E-state index in [4.69, 9.17) is 4.74 Å². The maximum Gasteiger partial charge on any atom is 0.119 e. The Balaban J connectivity index is 2.29. The molecule has 1 aliphatic heterocycles. The average Bonchev–Trinajstić information content (AvgIpc) is 2.48. The fourth-order valence-electron chi connectivity index (χ4n) is 3.14. The van der Waals surface area contributed by atoms with E-state index in [-0.39, 0.29) is 5.54 Å². The van der Waals surface area contributed by atoms with E-state index < -0.39 is 0 Å². The third-order valence-electron chi connectivity index (χ3n) is 4.84. The van der Waals surface area contributed by atoms with Crippen molar-refractivity contribution in [3.8, 4) is 5.75 Å². The summed E-state index contributed by atoms with van der Waals surface area (Å²) in [6.07, 6.45) is 2.34. The maximum absolute atomic E-state index is 5.32. The van der Waals surface area contributed by atoms with Crippen molar-refractivity contribution in [3.05, 3.63) is 23.8 Å². The summed E-state index contributed by atoms with van der Waals surface area (Å²) >= 11 is 0. The monoisotopic (exact) mass is 276 g/mol. The number of piperazine rings is 1. The molecule has 1 aromatic carbocycles. The van der Waals surface area contributed by atoms with Gasteiger partial charge in [0.05, 0.1) is 7.11 Å². The lowest BCUT2D eigenvalue weighted by molar-refractivity contribution is 0.253. The van der Waals surface area contributed by atoms with Crippen molar-refractivity contribution in [2.75, 3.05) is 25.1 Å². The molecule has 112 valence electrons. The van der Waals surface area contributed by atoms with Crippen LogP contribution >= 0.6 is 0 Å². The van der Waals surface area contributed by atoms with Gasteiger partial charge in [0.15, 0.2) is 0 Å². The second-order valence-corrected chi connectivity index (χ2v) is 6.00. The van der Waals surface area contributed by atoms with Crippen molar-refractivity contribution in [2.24, 2.45) is 0 Å². The molecule has 0 spiro atoms. The normalized spacial score (nSPS) is 21.9. The molecule has 1 N–H and O–H groups in total. The van der Waals surface area contributed by atoms with E-state index in [1.165, 1.54) is 24.1 Å². The van der Waals surface area contributed by atoms with Crippen LogP contribution in [0.15, 0.2) is 18.2 Å². The van der Waals surface area contributed by atoms with E-state index in [9.17, 15) is 0 Å². The standard InChI is InChI=1S/C17H28N2O/c1-6-17(7-2)12-19(14(4)11-18-17)16-9-8-15(20-5)10-13(16)3/h8-10,14,18H,6-7,11-12H2,1-5H3. The van der Waals surface area contributed by atoms with E-state index in [0.717, 1.165) is 18.8 Å². The summed E-state index contributed by atoms with van der Waals surface area (Å²) in [6.45, 7) is 11.2. The van der Waals surface area contributed by atoms with E-state index in [1.807, 2.05) is 0 Å². The molecule has 3 nitrogen and oxygen atoms in total. The Bertz CT molecular complexity index is 454. The molecular weight excluding hydrogens is 248 g/mol. The van der Waals surface area contributed by atoms with Crippen molar-refractivity contribution < 1.29 is 4.74 Å². The van der Waals surface area contributed by atoms with E-state index in [1.54, 1.807) is 7.11 Å². The molecule has 1 heterocycles. The smallest absolute Gasteiger partial charge is 0.119 e. The molecule has 3 heteroatoms. The van der Waals surface area contributed by atoms with E-state index >= 15 is 0 Å². The van der Waals surface area contributed by atoms with Gasteiger partial charge < -0.3 is 15.0 Å². The minimum absolute atomic E-state index is 0.249. The lowest BCUT2D eigenvalue weighted by atomic mass is 9.88. The molecule has 0 aliphatic carbocycles. The number of benzene rings is 1. The molecular formula is C17H28N2O. The minimum Gasteiger partial charge on any atom is -0.497 e. The van der Waals surface area contributed by atoms with Crippen molar-refractivity contribution in [3.63, 3.8) is 0 Å². The highest BCUT2D eigenvalue weighted by Gasteiger charge is 2.35. The highest BCUT2D eigenvalue weighted by atomic mass is 16.5. The molecule has 1 fully saturated rings. The zero-order chi connectivity index (χ0) is 14.8. The number of nitrogens with one attached hydrogen (secondary N) is 1. The number of methoxy groups -OCH3 is 1. The van der Waals surface area contributed by atoms with Gasteiger partial charge in [0.2, 0.25) is 0 Å². The maximum atomic E-state index is 5.32. The Labute approximate surface area is 123 Å². The average molecular weight is 276 g/mol. The van der Waals surface area contributed by atoms with Crippen LogP contribution in [0.2, 0.25) is 0 Å². The zero-order valence-electron chi connectivity index (χ0n) is 13.5. The molecule has 0 amide bonds. The second-order valence-electron chi connectivity index (χ2n) is 6.00. The first kappa shape index (κ1) is 15.2. The van der Waals surface area contributed by atoms with Gasteiger partial charge in [0.1, 0.15) is 5.75 Å². The summed E-state index contributed by atoms with van der Waals surface area (Å²) in [4.78, 5) is 2.55. The van der Waals surface area contributed by atoms with Crippen molar-refractivity contribution in [1.82, 2.24) is 5.32 Å². The van der Waals surface area contributed by atoms with Crippen LogP contribution in [0, 0.1) is 6.92 Å². The number of aryl methyl sites for hydroxylation is 1. The molecule has 0 saturated carbocycles. The molecule has 1 unspecified atom stereocenters. The number of hydrogen-bond acceptors (Lipinski definition) is 3. The van der Waals surface area contributed by atoms with Gasteiger partial charge in [-0.1, -0.05) is 13.8 Å². The Morgan fingerprint density at radius 3 is 2.60 bits per heavy atom.